The first-order valence-corrected chi connectivity index (χ1v) is 11.2. The van der Waals surface area contributed by atoms with E-state index < -0.39 is 23.6 Å². The van der Waals surface area contributed by atoms with Crippen LogP contribution >= 0.6 is 0 Å². The minimum Gasteiger partial charge on any atom is -0.491 e. The largest absolute Gasteiger partial charge is 0.491 e. The molecule has 1 aromatic carbocycles. The molecule has 0 saturated carbocycles. The SMILES string of the molecule is CCOc1cc2nc(-c3nnc4ccc(C(N5CCC(C)(N)C5)C(F)(F)F)cn34)ccc2cc1F. The number of ether oxygens (including phenoxy) is 1. The number of alkyl halides is 3. The molecule has 11 heteroatoms. The van der Waals surface area contributed by atoms with Crippen LogP contribution in [0.25, 0.3) is 28.1 Å². The smallest absolute Gasteiger partial charge is 0.408 e. The molecule has 0 spiro atoms. The summed E-state index contributed by atoms with van der Waals surface area (Å²) < 4.78 is 63.6. The number of fused-ring (bicyclic) bond motifs is 2. The Hall–Kier alpha value is -3.31. The molecule has 1 fully saturated rings. The number of benzene rings is 1. The standard InChI is InChI=1S/C24H24F4N6O/c1-3-35-19-11-18-14(10-16(19)25)4-6-17(30-18)22-32-31-20-7-5-15(12-34(20)22)21(24(26,27)28)33-9-8-23(2,29)13-33/h4-7,10-12,21H,3,8-9,13,29H2,1-2H3. The highest BCUT2D eigenvalue weighted by atomic mass is 19.4. The van der Waals surface area contributed by atoms with E-state index in [2.05, 4.69) is 15.2 Å². The quantitative estimate of drug-likeness (QED) is 0.417. The van der Waals surface area contributed by atoms with Gasteiger partial charge in [-0.2, -0.15) is 13.2 Å². The summed E-state index contributed by atoms with van der Waals surface area (Å²) in [6, 6.07) is 7.23. The zero-order valence-electron chi connectivity index (χ0n) is 19.2. The Morgan fingerprint density at radius 1 is 1.17 bits per heavy atom. The normalized spacial score (nSPS) is 20.1. The van der Waals surface area contributed by atoms with Gasteiger partial charge in [-0.3, -0.25) is 9.30 Å². The van der Waals surface area contributed by atoms with Gasteiger partial charge in [0, 0.05) is 36.3 Å². The number of hydrogen-bond acceptors (Lipinski definition) is 6. The van der Waals surface area contributed by atoms with Crippen LogP contribution in [-0.4, -0.2) is 55.9 Å². The summed E-state index contributed by atoms with van der Waals surface area (Å²) in [5, 5.41) is 8.81. The Bertz CT molecular complexity index is 1400. The number of pyridine rings is 2. The zero-order chi connectivity index (χ0) is 25.0. The van der Waals surface area contributed by atoms with E-state index in [9.17, 15) is 17.6 Å². The van der Waals surface area contributed by atoms with E-state index in [1.165, 1.54) is 39.8 Å². The second kappa shape index (κ2) is 8.42. The average Bonchev–Trinajstić information content (AvgIpc) is 3.36. The lowest BCUT2D eigenvalue weighted by molar-refractivity contribution is -0.184. The number of nitrogens with two attached hydrogens (primary N) is 1. The molecule has 0 aliphatic carbocycles. The first-order chi connectivity index (χ1) is 16.6. The average molecular weight is 488 g/mol. The van der Waals surface area contributed by atoms with E-state index >= 15 is 0 Å². The molecule has 1 aliphatic heterocycles. The molecule has 2 atom stereocenters. The number of rotatable bonds is 5. The van der Waals surface area contributed by atoms with Crippen molar-refractivity contribution in [1.29, 1.82) is 0 Å². The van der Waals surface area contributed by atoms with Crippen molar-refractivity contribution in [2.45, 2.75) is 38.0 Å². The highest BCUT2D eigenvalue weighted by Crippen LogP contribution is 2.41. The summed E-state index contributed by atoms with van der Waals surface area (Å²) in [7, 11) is 0. The second-order valence-corrected chi connectivity index (χ2v) is 9.14. The van der Waals surface area contributed by atoms with Crippen molar-refractivity contribution in [3.63, 3.8) is 0 Å². The van der Waals surface area contributed by atoms with E-state index in [1.54, 1.807) is 26.0 Å². The van der Waals surface area contributed by atoms with Gasteiger partial charge in [-0.15, -0.1) is 10.2 Å². The molecular weight excluding hydrogens is 464 g/mol. The predicted molar refractivity (Wildman–Crippen MR) is 122 cm³/mol. The molecule has 2 unspecified atom stereocenters. The highest BCUT2D eigenvalue weighted by molar-refractivity contribution is 5.82. The van der Waals surface area contributed by atoms with Gasteiger partial charge in [-0.05, 0) is 44.0 Å². The van der Waals surface area contributed by atoms with E-state index in [4.69, 9.17) is 10.5 Å². The van der Waals surface area contributed by atoms with E-state index in [-0.39, 0.29) is 30.2 Å². The number of halogens is 4. The number of likely N-dealkylation sites (tertiary alicyclic amines) is 1. The molecule has 0 amide bonds. The lowest BCUT2D eigenvalue weighted by atomic mass is 10.0. The fourth-order valence-electron chi connectivity index (χ4n) is 4.61. The maximum Gasteiger partial charge on any atom is 0.408 e. The van der Waals surface area contributed by atoms with Gasteiger partial charge in [0.1, 0.15) is 11.7 Å². The fourth-order valence-corrected chi connectivity index (χ4v) is 4.61. The molecular formula is C24H24F4N6O. The third-order valence-electron chi connectivity index (χ3n) is 6.22. The predicted octanol–water partition coefficient (Wildman–Crippen LogP) is 4.51. The van der Waals surface area contributed by atoms with Crippen molar-refractivity contribution in [1.82, 2.24) is 24.5 Å². The fraction of sp³-hybridized carbons (Fsp3) is 0.375. The van der Waals surface area contributed by atoms with Gasteiger partial charge in [0.2, 0.25) is 0 Å². The summed E-state index contributed by atoms with van der Waals surface area (Å²) in [6.45, 7) is 4.18. The summed E-state index contributed by atoms with van der Waals surface area (Å²) in [4.78, 5) is 5.92. The maximum absolute atomic E-state index is 14.2. The van der Waals surface area contributed by atoms with Crippen LogP contribution < -0.4 is 10.5 Å². The Morgan fingerprint density at radius 2 is 1.97 bits per heavy atom. The molecule has 1 aliphatic rings. The number of nitrogens with zero attached hydrogens (tertiary/aromatic N) is 5. The zero-order valence-corrected chi connectivity index (χ0v) is 19.2. The van der Waals surface area contributed by atoms with Crippen LogP contribution in [0.15, 0.2) is 42.6 Å². The molecule has 2 N–H and O–H groups in total. The Balaban J connectivity index is 1.58. The van der Waals surface area contributed by atoms with Crippen LogP contribution in [0.1, 0.15) is 31.9 Å². The van der Waals surface area contributed by atoms with Crippen LogP contribution in [0.2, 0.25) is 0 Å². The second-order valence-electron chi connectivity index (χ2n) is 9.14. The van der Waals surface area contributed by atoms with Gasteiger partial charge in [-0.25, -0.2) is 9.37 Å². The topological polar surface area (TPSA) is 81.6 Å². The number of aromatic nitrogens is 4. The van der Waals surface area contributed by atoms with Crippen molar-refractivity contribution in [3.8, 4) is 17.3 Å². The molecule has 35 heavy (non-hydrogen) atoms. The van der Waals surface area contributed by atoms with Crippen molar-refractivity contribution in [3.05, 3.63) is 54.0 Å². The van der Waals surface area contributed by atoms with Gasteiger partial charge in [-0.1, -0.05) is 12.1 Å². The Labute approximate surface area is 198 Å². The molecule has 3 aromatic heterocycles. The van der Waals surface area contributed by atoms with E-state index in [0.29, 0.717) is 35.3 Å². The Kier molecular flexibility index (Phi) is 5.64. The molecule has 1 saturated heterocycles. The lowest BCUT2D eigenvalue weighted by Gasteiger charge is -2.31. The number of hydrogen-bond donors (Lipinski definition) is 1. The molecule has 5 rings (SSSR count). The van der Waals surface area contributed by atoms with Crippen LogP contribution in [0.4, 0.5) is 17.6 Å². The third-order valence-corrected chi connectivity index (χ3v) is 6.22. The summed E-state index contributed by atoms with van der Waals surface area (Å²) >= 11 is 0. The van der Waals surface area contributed by atoms with Crippen LogP contribution in [0, 0.1) is 5.82 Å². The lowest BCUT2D eigenvalue weighted by Crippen LogP contribution is -2.43. The molecule has 0 radical (unpaired) electrons. The van der Waals surface area contributed by atoms with Crippen LogP contribution in [0.3, 0.4) is 0 Å². The molecule has 7 nitrogen and oxygen atoms in total. The van der Waals surface area contributed by atoms with E-state index in [0.717, 1.165) is 0 Å². The van der Waals surface area contributed by atoms with Gasteiger partial charge in [0.25, 0.3) is 0 Å². The third kappa shape index (κ3) is 4.41. The molecule has 0 bridgehead atoms. The van der Waals surface area contributed by atoms with Crippen molar-refractivity contribution in [2.75, 3.05) is 19.7 Å². The minimum absolute atomic E-state index is 0.0604. The first-order valence-electron chi connectivity index (χ1n) is 11.2. The van der Waals surface area contributed by atoms with Crippen LogP contribution in [-0.2, 0) is 0 Å². The van der Waals surface area contributed by atoms with Crippen molar-refractivity contribution >= 4 is 16.6 Å². The monoisotopic (exact) mass is 488 g/mol. The molecule has 4 heterocycles. The van der Waals surface area contributed by atoms with Gasteiger partial charge < -0.3 is 10.5 Å². The summed E-state index contributed by atoms with van der Waals surface area (Å²) in [5.41, 5.74) is 6.73. The van der Waals surface area contributed by atoms with Gasteiger partial charge in [0.05, 0.1) is 12.1 Å². The van der Waals surface area contributed by atoms with E-state index in [1.807, 2.05) is 0 Å². The van der Waals surface area contributed by atoms with Gasteiger partial charge >= 0.3 is 6.18 Å². The minimum atomic E-state index is -4.50. The first kappa shape index (κ1) is 23.4. The Morgan fingerprint density at radius 3 is 2.66 bits per heavy atom. The van der Waals surface area contributed by atoms with Crippen LogP contribution in [0.5, 0.6) is 5.75 Å². The summed E-state index contributed by atoms with van der Waals surface area (Å²) in [5.74, 6) is -0.152. The van der Waals surface area contributed by atoms with Gasteiger partial charge in [0.15, 0.2) is 23.0 Å². The molecule has 4 aromatic rings. The molecule has 184 valence electrons. The summed E-state index contributed by atoms with van der Waals surface area (Å²) in [6.07, 6.45) is -2.62. The van der Waals surface area contributed by atoms with Crippen molar-refractivity contribution < 1.29 is 22.3 Å². The maximum atomic E-state index is 14.2. The highest BCUT2D eigenvalue weighted by Gasteiger charge is 2.48. The van der Waals surface area contributed by atoms with Crippen molar-refractivity contribution in [2.24, 2.45) is 5.73 Å².